The fraction of sp³-hybridized carbons (Fsp3) is 0.174. The number of nitrogens with one attached hydrogen (secondary N) is 1. The van der Waals surface area contributed by atoms with Crippen LogP contribution >= 0.6 is 11.6 Å². The highest BCUT2D eigenvalue weighted by atomic mass is 35.5. The van der Waals surface area contributed by atoms with Crippen molar-refractivity contribution in [1.82, 2.24) is 0 Å². The van der Waals surface area contributed by atoms with Crippen molar-refractivity contribution in [1.29, 1.82) is 0 Å². The SMILES string of the molecule is C[C@H]1C[C@H](Nc2ccccc2)c2ccccc2N1C(=O)c1ccc(Cl)c([N+](=O)[O-])c1. The van der Waals surface area contributed by atoms with E-state index < -0.39 is 4.92 Å². The van der Waals surface area contributed by atoms with Crippen LogP contribution in [0.15, 0.2) is 72.8 Å². The number of anilines is 2. The molecule has 7 heteroatoms. The van der Waals surface area contributed by atoms with Gasteiger partial charge in [0.15, 0.2) is 0 Å². The van der Waals surface area contributed by atoms with E-state index in [1.165, 1.54) is 18.2 Å². The average Bonchev–Trinajstić information content (AvgIpc) is 2.74. The first-order valence-electron chi connectivity index (χ1n) is 9.63. The monoisotopic (exact) mass is 421 g/mol. The van der Waals surface area contributed by atoms with Crippen LogP contribution in [0.5, 0.6) is 0 Å². The van der Waals surface area contributed by atoms with Gasteiger partial charge in [-0.15, -0.1) is 0 Å². The molecule has 1 aliphatic rings. The zero-order valence-corrected chi connectivity index (χ0v) is 17.0. The number of hydrogen-bond acceptors (Lipinski definition) is 4. The molecule has 0 spiro atoms. The molecule has 30 heavy (non-hydrogen) atoms. The summed E-state index contributed by atoms with van der Waals surface area (Å²) in [6.45, 7) is 1.98. The van der Waals surface area contributed by atoms with E-state index in [4.69, 9.17) is 11.6 Å². The molecule has 0 saturated carbocycles. The van der Waals surface area contributed by atoms with Crippen molar-refractivity contribution < 1.29 is 9.72 Å². The van der Waals surface area contributed by atoms with Gasteiger partial charge in [0.1, 0.15) is 5.02 Å². The lowest BCUT2D eigenvalue weighted by atomic mass is 9.90. The third-order valence-electron chi connectivity index (χ3n) is 5.31. The Labute approximate surface area is 179 Å². The first kappa shape index (κ1) is 19.9. The van der Waals surface area contributed by atoms with E-state index in [0.29, 0.717) is 6.42 Å². The number of fused-ring (bicyclic) bond motifs is 1. The number of nitro groups is 1. The van der Waals surface area contributed by atoms with Gasteiger partial charge in [-0.2, -0.15) is 0 Å². The van der Waals surface area contributed by atoms with Crippen molar-refractivity contribution in [3.8, 4) is 0 Å². The summed E-state index contributed by atoms with van der Waals surface area (Å²) in [5, 5.41) is 14.8. The van der Waals surface area contributed by atoms with Gasteiger partial charge in [0.2, 0.25) is 0 Å². The lowest BCUT2D eigenvalue weighted by Gasteiger charge is -2.40. The molecule has 0 radical (unpaired) electrons. The Morgan fingerprint density at radius 2 is 1.80 bits per heavy atom. The predicted molar refractivity (Wildman–Crippen MR) is 118 cm³/mol. The lowest BCUT2D eigenvalue weighted by Crippen LogP contribution is -2.44. The maximum atomic E-state index is 13.4. The lowest BCUT2D eigenvalue weighted by molar-refractivity contribution is -0.384. The van der Waals surface area contributed by atoms with Crippen molar-refractivity contribution in [3.05, 3.63) is 99.1 Å². The van der Waals surface area contributed by atoms with Gasteiger partial charge in [-0.25, -0.2) is 0 Å². The van der Waals surface area contributed by atoms with Crippen LogP contribution in [0.3, 0.4) is 0 Å². The summed E-state index contributed by atoms with van der Waals surface area (Å²) in [6, 6.07) is 21.8. The number of amides is 1. The van der Waals surface area contributed by atoms with Gasteiger partial charge >= 0.3 is 0 Å². The van der Waals surface area contributed by atoms with Gasteiger partial charge < -0.3 is 10.2 Å². The van der Waals surface area contributed by atoms with Crippen LogP contribution in [0.2, 0.25) is 5.02 Å². The van der Waals surface area contributed by atoms with Crippen LogP contribution < -0.4 is 10.2 Å². The highest BCUT2D eigenvalue weighted by molar-refractivity contribution is 6.32. The third-order valence-corrected chi connectivity index (χ3v) is 5.63. The molecule has 1 N–H and O–H groups in total. The van der Waals surface area contributed by atoms with Crippen molar-refractivity contribution in [3.63, 3.8) is 0 Å². The van der Waals surface area contributed by atoms with E-state index in [9.17, 15) is 14.9 Å². The Bertz CT molecular complexity index is 1100. The number of rotatable bonds is 4. The van der Waals surface area contributed by atoms with Gasteiger partial charge in [-0.3, -0.25) is 14.9 Å². The van der Waals surface area contributed by atoms with Crippen molar-refractivity contribution >= 4 is 34.6 Å². The molecule has 0 aliphatic carbocycles. The summed E-state index contributed by atoms with van der Waals surface area (Å²) in [4.78, 5) is 25.7. The van der Waals surface area contributed by atoms with Crippen LogP contribution in [0.25, 0.3) is 0 Å². The molecule has 3 aromatic carbocycles. The molecule has 4 rings (SSSR count). The zero-order valence-electron chi connectivity index (χ0n) is 16.3. The zero-order chi connectivity index (χ0) is 21.3. The van der Waals surface area contributed by atoms with Gasteiger partial charge in [-0.1, -0.05) is 48.0 Å². The van der Waals surface area contributed by atoms with Crippen LogP contribution in [0, 0.1) is 10.1 Å². The molecule has 152 valence electrons. The second-order valence-corrected chi connectivity index (χ2v) is 7.71. The number of hydrogen-bond donors (Lipinski definition) is 1. The van der Waals surface area contributed by atoms with Crippen LogP contribution in [-0.2, 0) is 0 Å². The van der Waals surface area contributed by atoms with Gasteiger partial charge in [-0.05, 0) is 49.2 Å². The Morgan fingerprint density at radius 3 is 2.53 bits per heavy atom. The maximum absolute atomic E-state index is 13.4. The highest BCUT2D eigenvalue weighted by Gasteiger charge is 2.34. The minimum atomic E-state index is -0.577. The molecule has 3 aromatic rings. The van der Waals surface area contributed by atoms with E-state index in [1.54, 1.807) is 4.90 Å². The summed E-state index contributed by atoms with van der Waals surface area (Å²) in [6.07, 6.45) is 0.702. The number of para-hydroxylation sites is 2. The normalized spacial score (nSPS) is 17.9. The number of carbonyl (C=O) groups excluding carboxylic acids is 1. The molecule has 0 aromatic heterocycles. The van der Waals surface area contributed by atoms with Gasteiger partial charge in [0, 0.05) is 29.0 Å². The molecular weight excluding hydrogens is 402 g/mol. The second-order valence-electron chi connectivity index (χ2n) is 7.30. The second kappa shape index (κ2) is 8.16. The van der Waals surface area contributed by atoms with E-state index in [0.717, 1.165) is 16.9 Å². The Kier molecular flexibility index (Phi) is 5.42. The highest BCUT2D eigenvalue weighted by Crippen LogP contribution is 2.40. The first-order valence-corrected chi connectivity index (χ1v) is 10.0. The predicted octanol–water partition coefficient (Wildman–Crippen LogP) is 5.84. The summed E-state index contributed by atoms with van der Waals surface area (Å²) in [7, 11) is 0. The van der Waals surface area contributed by atoms with Crippen LogP contribution in [-0.4, -0.2) is 16.9 Å². The molecule has 0 unspecified atom stereocenters. The van der Waals surface area contributed by atoms with Crippen molar-refractivity contribution in [2.75, 3.05) is 10.2 Å². The number of halogens is 1. The largest absolute Gasteiger partial charge is 0.378 e. The maximum Gasteiger partial charge on any atom is 0.288 e. The quantitative estimate of drug-likeness (QED) is 0.424. The molecule has 0 saturated heterocycles. The Balaban J connectivity index is 1.70. The molecular formula is C23H20ClN3O3. The third kappa shape index (κ3) is 3.74. The standard InChI is InChI=1S/C23H20ClN3O3/c1-15-13-20(25-17-7-3-2-4-8-17)18-9-5-6-10-21(18)26(15)23(28)16-11-12-19(24)22(14-16)27(29)30/h2-12,14-15,20,25H,13H2,1H3/t15-,20-/m0/s1. The fourth-order valence-corrected chi connectivity index (χ4v) is 4.11. The number of carbonyl (C=O) groups is 1. The summed E-state index contributed by atoms with van der Waals surface area (Å²) >= 11 is 5.91. The Morgan fingerprint density at radius 1 is 1.10 bits per heavy atom. The molecule has 1 amide bonds. The minimum Gasteiger partial charge on any atom is -0.378 e. The van der Waals surface area contributed by atoms with Crippen LogP contribution in [0.4, 0.5) is 17.1 Å². The average molecular weight is 422 g/mol. The first-order chi connectivity index (χ1) is 14.5. The van der Waals surface area contributed by atoms with E-state index >= 15 is 0 Å². The van der Waals surface area contributed by atoms with Crippen LogP contribution in [0.1, 0.15) is 35.3 Å². The number of nitro benzene ring substituents is 1. The molecule has 2 atom stereocenters. The number of nitrogens with zero attached hydrogens (tertiary/aromatic N) is 2. The topological polar surface area (TPSA) is 75.5 Å². The molecule has 0 fully saturated rings. The fourth-order valence-electron chi connectivity index (χ4n) is 3.92. The smallest absolute Gasteiger partial charge is 0.288 e. The Hall–Kier alpha value is -3.38. The molecule has 1 heterocycles. The van der Waals surface area contributed by atoms with Gasteiger partial charge in [0.25, 0.3) is 11.6 Å². The minimum absolute atomic E-state index is 0.00997. The van der Waals surface area contributed by atoms with E-state index in [-0.39, 0.29) is 34.3 Å². The molecule has 0 bridgehead atoms. The molecule has 1 aliphatic heterocycles. The van der Waals surface area contributed by atoms with Crippen molar-refractivity contribution in [2.45, 2.75) is 25.4 Å². The van der Waals surface area contributed by atoms with Crippen molar-refractivity contribution in [2.24, 2.45) is 0 Å². The van der Waals surface area contributed by atoms with E-state index in [2.05, 4.69) is 5.32 Å². The number of benzene rings is 3. The van der Waals surface area contributed by atoms with Gasteiger partial charge in [0.05, 0.1) is 11.0 Å². The summed E-state index contributed by atoms with van der Waals surface area (Å²) in [5.74, 6) is -0.284. The molecule has 6 nitrogen and oxygen atoms in total. The summed E-state index contributed by atoms with van der Waals surface area (Å²) in [5.41, 5.74) is 2.78. The summed E-state index contributed by atoms with van der Waals surface area (Å²) < 4.78 is 0. The van der Waals surface area contributed by atoms with E-state index in [1.807, 2.05) is 61.5 Å².